The number of nitrogens with zero attached hydrogens (tertiary/aromatic N) is 2. The highest BCUT2D eigenvalue weighted by atomic mass is 79.9. The number of benzene rings is 1. The molecule has 1 heterocycles. The van der Waals surface area contributed by atoms with E-state index in [1.165, 1.54) is 12.1 Å². The quantitative estimate of drug-likeness (QED) is 0.828. The molecule has 0 radical (unpaired) electrons. The molecule has 5 heteroatoms. The van der Waals surface area contributed by atoms with Crippen molar-refractivity contribution in [1.29, 1.82) is 0 Å². The maximum Gasteiger partial charge on any atom is 0.126 e. The summed E-state index contributed by atoms with van der Waals surface area (Å²) in [7, 11) is 0. The molecule has 0 aliphatic heterocycles. The zero-order valence-electron chi connectivity index (χ0n) is 13.2. The Balaban J connectivity index is 0. The average Bonchev–Trinajstić information content (AvgIpc) is 2.89. The monoisotopic (exact) mass is 348 g/mol. The molecule has 0 spiro atoms. The van der Waals surface area contributed by atoms with Gasteiger partial charge in [0.25, 0.3) is 0 Å². The van der Waals surface area contributed by atoms with E-state index in [0.29, 0.717) is 16.5 Å². The Morgan fingerprint density at radius 3 is 2.20 bits per heavy atom. The molecule has 116 valence electrons. The number of rotatable bonds is 2. The fourth-order valence-electron chi connectivity index (χ4n) is 1.38. The summed E-state index contributed by atoms with van der Waals surface area (Å²) in [6.07, 6.45) is 1.65. The maximum absolute atomic E-state index is 13.1. The zero-order valence-corrected chi connectivity index (χ0v) is 14.8. The van der Waals surface area contributed by atoms with Crippen molar-refractivity contribution in [3.8, 4) is 0 Å². The maximum atomic E-state index is 13.1. The fourth-order valence-corrected chi connectivity index (χ4v) is 1.90. The van der Waals surface area contributed by atoms with Gasteiger partial charge in [0.05, 0.1) is 24.9 Å². The van der Waals surface area contributed by atoms with Crippen molar-refractivity contribution in [2.45, 2.75) is 48.1 Å². The lowest BCUT2D eigenvalue weighted by Crippen LogP contribution is -2.03. The summed E-state index contributed by atoms with van der Waals surface area (Å²) in [5.41, 5.74) is 0.686. The summed E-state index contributed by atoms with van der Waals surface area (Å²) in [6.45, 7) is 12.4. The summed E-state index contributed by atoms with van der Waals surface area (Å²) in [6, 6.07) is 2.80. The first-order valence-electron chi connectivity index (χ1n) is 7.14. The van der Waals surface area contributed by atoms with Gasteiger partial charge in [-0.25, -0.2) is 4.39 Å². The molecule has 0 saturated heterocycles. The van der Waals surface area contributed by atoms with Gasteiger partial charge in [0.15, 0.2) is 0 Å². The molecule has 2 aromatic rings. The number of halogens is 2. The molecule has 1 aromatic heterocycles. The van der Waals surface area contributed by atoms with Gasteiger partial charge in [-0.1, -0.05) is 41.5 Å². The largest absolute Gasteiger partial charge is 0.394 e. The van der Waals surface area contributed by atoms with E-state index in [9.17, 15) is 4.39 Å². The molecule has 0 fully saturated rings. The van der Waals surface area contributed by atoms with Crippen molar-refractivity contribution in [1.82, 2.24) is 9.78 Å². The van der Waals surface area contributed by atoms with E-state index >= 15 is 0 Å². The molecule has 3 nitrogen and oxygen atoms in total. The smallest absolute Gasteiger partial charge is 0.126 e. The topological polar surface area (TPSA) is 38.0 Å². The van der Waals surface area contributed by atoms with Crippen molar-refractivity contribution in [2.24, 2.45) is 0 Å². The van der Waals surface area contributed by atoms with Gasteiger partial charge in [-0.05, 0) is 28.1 Å². The first-order chi connectivity index (χ1) is 9.72. The molecule has 0 aliphatic rings. The standard InChI is InChI=1S/C9H8BrFN2O.3C2H6/c10-8-3-6(11)4-9-7(8)5-12-13(9)1-2-14;3*1-2/h3-5,14H,1-2H2;3*1-2H3. The molecular formula is C15H26BrFN2O. The molecule has 0 bridgehead atoms. The number of aliphatic hydroxyl groups is 1. The fraction of sp³-hybridized carbons (Fsp3) is 0.533. The SMILES string of the molecule is CC.CC.CC.OCCn1ncc2c(Br)cc(F)cc21. The Bertz CT molecular complexity index is 472. The Hall–Kier alpha value is -0.940. The van der Waals surface area contributed by atoms with Gasteiger partial charge in [0.2, 0.25) is 0 Å². The van der Waals surface area contributed by atoms with Gasteiger partial charge in [-0.2, -0.15) is 5.10 Å². The van der Waals surface area contributed by atoms with Gasteiger partial charge in [-0.3, -0.25) is 4.68 Å². The number of hydrogen-bond acceptors (Lipinski definition) is 2. The first-order valence-corrected chi connectivity index (χ1v) is 7.93. The molecule has 1 aromatic carbocycles. The molecule has 0 amide bonds. The minimum atomic E-state index is -0.316. The Labute approximate surface area is 129 Å². The van der Waals surface area contributed by atoms with Crippen LogP contribution in [0.4, 0.5) is 4.39 Å². The number of aromatic nitrogens is 2. The van der Waals surface area contributed by atoms with Crippen LogP contribution in [-0.4, -0.2) is 21.5 Å². The van der Waals surface area contributed by atoms with Crippen LogP contribution >= 0.6 is 15.9 Å². The highest BCUT2D eigenvalue weighted by molar-refractivity contribution is 9.10. The second-order valence-corrected chi connectivity index (χ2v) is 3.77. The van der Waals surface area contributed by atoms with E-state index < -0.39 is 0 Å². The third-order valence-corrected chi connectivity index (χ3v) is 2.64. The highest BCUT2D eigenvalue weighted by Crippen LogP contribution is 2.24. The second-order valence-electron chi connectivity index (χ2n) is 2.91. The predicted octanol–water partition coefficient (Wildman–Crippen LogP) is 5.01. The van der Waals surface area contributed by atoms with Crippen molar-refractivity contribution in [3.63, 3.8) is 0 Å². The van der Waals surface area contributed by atoms with Gasteiger partial charge in [0.1, 0.15) is 5.82 Å². The van der Waals surface area contributed by atoms with Crippen molar-refractivity contribution < 1.29 is 9.50 Å². The third kappa shape index (κ3) is 6.01. The van der Waals surface area contributed by atoms with Crippen LogP contribution in [0.25, 0.3) is 10.9 Å². The second kappa shape index (κ2) is 13.1. The average molecular weight is 349 g/mol. The molecule has 0 atom stereocenters. The Morgan fingerprint density at radius 2 is 1.70 bits per heavy atom. The highest BCUT2D eigenvalue weighted by Gasteiger charge is 2.07. The lowest BCUT2D eigenvalue weighted by molar-refractivity contribution is 0.271. The van der Waals surface area contributed by atoms with E-state index in [0.717, 1.165) is 5.39 Å². The molecular weight excluding hydrogens is 323 g/mol. The van der Waals surface area contributed by atoms with Crippen LogP contribution in [0.3, 0.4) is 0 Å². The minimum absolute atomic E-state index is 0.00902. The summed E-state index contributed by atoms with van der Waals surface area (Å²) in [5, 5.41) is 13.7. The predicted molar refractivity (Wildman–Crippen MR) is 88.5 cm³/mol. The summed E-state index contributed by atoms with van der Waals surface area (Å²) < 4.78 is 15.3. The van der Waals surface area contributed by atoms with Crippen LogP contribution in [0.2, 0.25) is 0 Å². The van der Waals surface area contributed by atoms with Crippen molar-refractivity contribution in [3.05, 3.63) is 28.6 Å². The van der Waals surface area contributed by atoms with Crippen LogP contribution in [0.5, 0.6) is 0 Å². The molecule has 20 heavy (non-hydrogen) atoms. The summed E-state index contributed by atoms with van der Waals surface area (Å²) >= 11 is 3.26. The molecule has 0 aliphatic carbocycles. The van der Waals surface area contributed by atoms with Crippen molar-refractivity contribution in [2.75, 3.05) is 6.61 Å². The third-order valence-electron chi connectivity index (χ3n) is 1.99. The van der Waals surface area contributed by atoms with Gasteiger partial charge < -0.3 is 5.11 Å². The summed E-state index contributed by atoms with van der Waals surface area (Å²) in [4.78, 5) is 0. The normalized spacial score (nSPS) is 8.65. The van der Waals surface area contributed by atoms with E-state index in [-0.39, 0.29) is 12.4 Å². The lowest BCUT2D eigenvalue weighted by atomic mass is 10.2. The van der Waals surface area contributed by atoms with Crippen molar-refractivity contribution >= 4 is 26.8 Å². The van der Waals surface area contributed by atoms with Crippen LogP contribution < -0.4 is 0 Å². The van der Waals surface area contributed by atoms with Crippen LogP contribution in [0.1, 0.15) is 41.5 Å². The Morgan fingerprint density at radius 1 is 1.15 bits per heavy atom. The lowest BCUT2D eigenvalue weighted by Gasteiger charge is -2.00. The molecule has 2 rings (SSSR count). The van der Waals surface area contributed by atoms with Gasteiger partial charge >= 0.3 is 0 Å². The molecule has 0 saturated carbocycles. The van der Waals surface area contributed by atoms with Gasteiger partial charge in [-0.15, -0.1) is 0 Å². The molecule has 0 unspecified atom stereocenters. The number of aliphatic hydroxyl groups excluding tert-OH is 1. The van der Waals surface area contributed by atoms with Crippen LogP contribution in [-0.2, 0) is 6.54 Å². The molecule has 1 N–H and O–H groups in total. The minimum Gasteiger partial charge on any atom is -0.394 e. The van der Waals surface area contributed by atoms with E-state index in [1.807, 2.05) is 41.5 Å². The summed E-state index contributed by atoms with van der Waals surface area (Å²) in [5.74, 6) is -0.316. The van der Waals surface area contributed by atoms with Crippen LogP contribution in [0, 0.1) is 5.82 Å². The first kappa shape index (κ1) is 21.4. The van der Waals surface area contributed by atoms with E-state index in [2.05, 4.69) is 21.0 Å². The van der Waals surface area contributed by atoms with Gasteiger partial charge in [0, 0.05) is 9.86 Å². The van der Waals surface area contributed by atoms with Crippen LogP contribution in [0.15, 0.2) is 22.8 Å². The number of hydrogen-bond donors (Lipinski definition) is 1. The Kier molecular flexibility index (Phi) is 14.0. The number of fused-ring (bicyclic) bond motifs is 1. The van der Waals surface area contributed by atoms with E-state index in [4.69, 9.17) is 5.11 Å². The van der Waals surface area contributed by atoms with E-state index in [1.54, 1.807) is 10.9 Å². The zero-order chi connectivity index (χ0) is 16.1.